The van der Waals surface area contributed by atoms with Gasteiger partial charge in [0.05, 0.1) is 19.8 Å². The lowest BCUT2D eigenvalue weighted by molar-refractivity contribution is 0.352. The first-order valence-corrected chi connectivity index (χ1v) is 6.17. The highest BCUT2D eigenvalue weighted by atomic mass is 16.5. The van der Waals surface area contributed by atoms with Gasteiger partial charge in [-0.15, -0.1) is 0 Å². The van der Waals surface area contributed by atoms with Crippen molar-refractivity contribution in [2.24, 2.45) is 0 Å². The molecule has 4 heteroatoms. The predicted molar refractivity (Wildman–Crippen MR) is 69.1 cm³/mol. The van der Waals surface area contributed by atoms with Gasteiger partial charge in [-0.25, -0.2) is 0 Å². The van der Waals surface area contributed by atoms with Crippen molar-refractivity contribution in [3.05, 3.63) is 23.3 Å². The normalized spacial score (nSPS) is 16.1. The number of piperidine rings is 1. The van der Waals surface area contributed by atoms with E-state index in [0.29, 0.717) is 23.0 Å². The molecule has 18 heavy (non-hydrogen) atoms. The van der Waals surface area contributed by atoms with E-state index in [2.05, 4.69) is 11.4 Å². The van der Waals surface area contributed by atoms with Crippen LogP contribution in [0.4, 0.5) is 0 Å². The number of hydrogen-bond acceptors (Lipinski definition) is 4. The monoisotopic (exact) mass is 246 g/mol. The molecule has 4 nitrogen and oxygen atoms in total. The van der Waals surface area contributed by atoms with E-state index in [9.17, 15) is 5.26 Å². The predicted octanol–water partition coefficient (Wildman–Crippen LogP) is 2.04. The molecule has 1 heterocycles. The molecule has 0 aliphatic carbocycles. The van der Waals surface area contributed by atoms with E-state index in [1.807, 2.05) is 12.1 Å². The fourth-order valence-corrected chi connectivity index (χ4v) is 2.46. The maximum atomic E-state index is 9.19. The van der Waals surface area contributed by atoms with Gasteiger partial charge in [0.25, 0.3) is 0 Å². The van der Waals surface area contributed by atoms with Crippen molar-refractivity contribution in [1.82, 2.24) is 5.32 Å². The number of ether oxygens (including phenoxy) is 2. The molecule has 0 bridgehead atoms. The second-order valence-electron chi connectivity index (χ2n) is 4.44. The van der Waals surface area contributed by atoms with E-state index in [4.69, 9.17) is 9.47 Å². The Morgan fingerprint density at radius 1 is 1.22 bits per heavy atom. The maximum Gasteiger partial charge on any atom is 0.178 e. The van der Waals surface area contributed by atoms with Gasteiger partial charge in [-0.05, 0) is 49.5 Å². The Bertz CT molecular complexity index is 460. The number of methoxy groups -OCH3 is 2. The Labute approximate surface area is 108 Å². The van der Waals surface area contributed by atoms with Crippen molar-refractivity contribution in [2.75, 3.05) is 27.3 Å². The lowest BCUT2D eigenvalue weighted by Crippen LogP contribution is -2.26. The van der Waals surface area contributed by atoms with E-state index >= 15 is 0 Å². The maximum absolute atomic E-state index is 9.19. The molecular weight excluding hydrogens is 228 g/mol. The van der Waals surface area contributed by atoms with Crippen molar-refractivity contribution in [3.63, 3.8) is 0 Å². The van der Waals surface area contributed by atoms with Crippen LogP contribution in [0.1, 0.15) is 29.9 Å². The van der Waals surface area contributed by atoms with Crippen molar-refractivity contribution in [2.45, 2.75) is 18.8 Å². The minimum atomic E-state index is 0.498. The van der Waals surface area contributed by atoms with Gasteiger partial charge in [0.2, 0.25) is 0 Å². The van der Waals surface area contributed by atoms with Gasteiger partial charge < -0.3 is 14.8 Å². The zero-order valence-corrected chi connectivity index (χ0v) is 10.8. The molecule has 0 radical (unpaired) electrons. The molecule has 1 saturated heterocycles. The molecule has 0 unspecified atom stereocenters. The van der Waals surface area contributed by atoms with Crippen LogP contribution in [0.15, 0.2) is 12.1 Å². The van der Waals surface area contributed by atoms with Gasteiger partial charge in [0.1, 0.15) is 6.07 Å². The van der Waals surface area contributed by atoms with E-state index in [1.165, 1.54) is 5.56 Å². The molecule has 1 aliphatic heterocycles. The summed E-state index contributed by atoms with van der Waals surface area (Å²) >= 11 is 0. The first-order chi connectivity index (χ1) is 8.80. The summed E-state index contributed by atoms with van der Waals surface area (Å²) in [5, 5.41) is 12.5. The van der Waals surface area contributed by atoms with E-state index in [0.717, 1.165) is 25.9 Å². The van der Waals surface area contributed by atoms with Crippen LogP contribution < -0.4 is 14.8 Å². The highest BCUT2D eigenvalue weighted by molar-refractivity contribution is 5.55. The lowest BCUT2D eigenvalue weighted by Gasteiger charge is -2.24. The molecule has 1 N–H and O–H groups in total. The third-order valence-corrected chi connectivity index (χ3v) is 3.43. The van der Waals surface area contributed by atoms with E-state index < -0.39 is 0 Å². The number of nitriles is 1. The Balaban J connectivity index is 2.39. The Hall–Kier alpha value is -1.73. The molecule has 1 fully saturated rings. The fourth-order valence-electron chi connectivity index (χ4n) is 2.46. The third kappa shape index (κ3) is 2.41. The van der Waals surface area contributed by atoms with Crippen LogP contribution in [0.5, 0.6) is 11.5 Å². The lowest BCUT2D eigenvalue weighted by atomic mass is 9.89. The first kappa shape index (κ1) is 12.7. The largest absolute Gasteiger partial charge is 0.493 e. The topological polar surface area (TPSA) is 54.3 Å². The SMILES string of the molecule is COc1cc(C2CCNCC2)cc(C#N)c1OC. The number of benzene rings is 1. The first-order valence-electron chi connectivity index (χ1n) is 6.17. The van der Waals surface area contributed by atoms with Crippen LogP contribution in [0.3, 0.4) is 0 Å². The minimum absolute atomic E-state index is 0.498. The van der Waals surface area contributed by atoms with Gasteiger partial charge in [0, 0.05) is 0 Å². The summed E-state index contributed by atoms with van der Waals surface area (Å²) in [6.45, 7) is 2.06. The van der Waals surface area contributed by atoms with E-state index in [-0.39, 0.29) is 0 Å². The molecule has 0 spiro atoms. The van der Waals surface area contributed by atoms with Gasteiger partial charge >= 0.3 is 0 Å². The summed E-state index contributed by atoms with van der Waals surface area (Å²) in [5.41, 5.74) is 1.72. The van der Waals surface area contributed by atoms with Crippen LogP contribution in [0, 0.1) is 11.3 Å². The smallest absolute Gasteiger partial charge is 0.178 e. The number of nitrogens with zero attached hydrogens (tertiary/aromatic N) is 1. The molecule has 1 aromatic rings. The minimum Gasteiger partial charge on any atom is -0.493 e. The summed E-state index contributed by atoms with van der Waals surface area (Å²) in [6, 6.07) is 6.10. The molecular formula is C14H18N2O2. The Kier molecular flexibility index (Phi) is 4.06. The van der Waals surface area contributed by atoms with Crippen LogP contribution in [0.25, 0.3) is 0 Å². The van der Waals surface area contributed by atoms with Gasteiger partial charge in [-0.2, -0.15) is 5.26 Å². The van der Waals surface area contributed by atoms with E-state index in [1.54, 1.807) is 14.2 Å². The van der Waals surface area contributed by atoms with Crippen LogP contribution in [-0.4, -0.2) is 27.3 Å². The quantitative estimate of drug-likeness (QED) is 0.886. The molecule has 0 aromatic heterocycles. The van der Waals surface area contributed by atoms with Crippen molar-refractivity contribution < 1.29 is 9.47 Å². The Morgan fingerprint density at radius 3 is 2.50 bits per heavy atom. The summed E-state index contributed by atoms with van der Waals surface area (Å²) in [7, 11) is 3.16. The highest BCUT2D eigenvalue weighted by Gasteiger charge is 2.19. The second-order valence-corrected chi connectivity index (χ2v) is 4.44. The van der Waals surface area contributed by atoms with Gasteiger partial charge in [0.15, 0.2) is 11.5 Å². The average Bonchev–Trinajstić information content (AvgIpc) is 2.46. The fraction of sp³-hybridized carbons (Fsp3) is 0.500. The third-order valence-electron chi connectivity index (χ3n) is 3.43. The summed E-state index contributed by atoms with van der Waals surface area (Å²) in [6.07, 6.45) is 2.20. The Morgan fingerprint density at radius 2 is 1.94 bits per heavy atom. The molecule has 2 rings (SSSR count). The molecule has 96 valence electrons. The molecule has 0 atom stereocenters. The van der Waals surface area contributed by atoms with Crippen molar-refractivity contribution >= 4 is 0 Å². The summed E-state index contributed by atoms with van der Waals surface area (Å²) in [4.78, 5) is 0. The zero-order valence-electron chi connectivity index (χ0n) is 10.8. The summed E-state index contributed by atoms with van der Waals surface area (Å²) in [5.74, 6) is 1.67. The molecule has 1 aliphatic rings. The molecule has 1 aromatic carbocycles. The molecule has 0 amide bonds. The standard InChI is InChI=1S/C14H18N2O2/c1-17-13-8-11(10-3-5-16-6-4-10)7-12(9-15)14(13)18-2/h7-8,10,16H,3-6H2,1-2H3. The number of nitrogens with one attached hydrogen (secondary N) is 1. The highest BCUT2D eigenvalue weighted by Crippen LogP contribution is 2.36. The average molecular weight is 246 g/mol. The summed E-state index contributed by atoms with van der Waals surface area (Å²) < 4.78 is 10.6. The second kappa shape index (κ2) is 5.74. The van der Waals surface area contributed by atoms with Gasteiger partial charge in [-0.1, -0.05) is 0 Å². The van der Waals surface area contributed by atoms with Crippen molar-refractivity contribution in [1.29, 1.82) is 5.26 Å². The number of hydrogen-bond donors (Lipinski definition) is 1. The van der Waals surface area contributed by atoms with Crippen LogP contribution in [0.2, 0.25) is 0 Å². The van der Waals surface area contributed by atoms with Crippen LogP contribution >= 0.6 is 0 Å². The zero-order chi connectivity index (χ0) is 13.0. The molecule has 0 saturated carbocycles. The van der Waals surface area contributed by atoms with Gasteiger partial charge in [-0.3, -0.25) is 0 Å². The number of rotatable bonds is 3. The van der Waals surface area contributed by atoms with Crippen molar-refractivity contribution in [3.8, 4) is 17.6 Å². The van der Waals surface area contributed by atoms with Crippen LogP contribution in [-0.2, 0) is 0 Å².